The molecule has 1 aliphatic rings. The quantitative estimate of drug-likeness (QED) is 0.498. The number of benzene rings is 2. The number of hydrogen-bond acceptors (Lipinski definition) is 4. The summed E-state index contributed by atoms with van der Waals surface area (Å²) in [5.74, 6) is -0.809. The molecular weight excluding hydrogens is 440 g/mol. The van der Waals surface area contributed by atoms with Crippen LogP contribution in [0.25, 0.3) is 17.5 Å². The minimum atomic E-state index is -4.63. The summed E-state index contributed by atoms with van der Waals surface area (Å²) < 4.78 is 58.1. The maximum Gasteiger partial charge on any atom is 0.416 e. The molecular formula is C23H20F4N4O2. The van der Waals surface area contributed by atoms with Crippen LogP contribution in [0.1, 0.15) is 24.5 Å². The molecule has 172 valence electrons. The summed E-state index contributed by atoms with van der Waals surface area (Å²) in [5.41, 5.74) is 0.662. The highest BCUT2D eigenvalue weighted by atomic mass is 19.4. The number of alkyl halides is 3. The van der Waals surface area contributed by atoms with Crippen molar-refractivity contribution >= 4 is 18.1 Å². The number of anilines is 1. The lowest BCUT2D eigenvalue weighted by Gasteiger charge is -2.32. The van der Waals surface area contributed by atoms with Crippen LogP contribution in [0.2, 0.25) is 0 Å². The standard InChI is InChI=1S/C23H20F4N4O2/c1-14-13-31(22(32)28-21-30-29-20(33-21)16-5-3-2-4-6-16)8-7-17(14)9-15-10-18(23(25,26)27)12-19(24)11-15/h2-6,9-12,14H,7-8,13H2,1H3,(H,28,30,32)/b17-9+. The van der Waals surface area contributed by atoms with Crippen LogP contribution in [-0.4, -0.2) is 34.2 Å². The van der Waals surface area contributed by atoms with E-state index in [1.807, 2.05) is 25.1 Å². The lowest BCUT2D eigenvalue weighted by atomic mass is 9.91. The molecule has 33 heavy (non-hydrogen) atoms. The van der Waals surface area contributed by atoms with E-state index in [0.29, 0.717) is 25.6 Å². The first kappa shape index (κ1) is 22.5. The largest absolute Gasteiger partial charge is 0.416 e. The van der Waals surface area contributed by atoms with E-state index in [4.69, 9.17) is 4.42 Å². The Morgan fingerprint density at radius 3 is 2.64 bits per heavy atom. The van der Waals surface area contributed by atoms with Crippen molar-refractivity contribution in [2.45, 2.75) is 19.5 Å². The van der Waals surface area contributed by atoms with Crippen LogP contribution in [0.3, 0.4) is 0 Å². The number of piperidine rings is 1. The molecule has 0 bridgehead atoms. The predicted octanol–water partition coefficient (Wildman–Crippen LogP) is 5.85. The first-order valence-corrected chi connectivity index (χ1v) is 10.2. The van der Waals surface area contributed by atoms with Crippen molar-refractivity contribution < 1.29 is 26.8 Å². The molecule has 1 fully saturated rings. The smallest absolute Gasteiger partial charge is 0.403 e. The average molecular weight is 460 g/mol. The molecule has 1 unspecified atom stereocenters. The first-order chi connectivity index (χ1) is 15.7. The molecule has 10 heteroatoms. The van der Waals surface area contributed by atoms with Crippen LogP contribution in [0.15, 0.2) is 58.5 Å². The number of rotatable bonds is 3. The summed E-state index contributed by atoms with van der Waals surface area (Å²) in [7, 11) is 0. The summed E-state index contributed by atoms with van der Waals surface area (Å²) in [6.07, 6.45) is -2.63. The van der Waals surface area contributed by atoms with Crippen LogP contribution in [-0.2, 0) is 6.18 Å². The van der Waals surface area contributed by atoms with Gasteiger partial charge in [-0.2, -0.15) is 13.2 Å². The number of aromatic nitrogens is 2. The maximum atomic E-state index is 13.7. The van der Waals surface area contributed by atoms with Gasteiger partial charge in [-0.1, -0.05) is 41.9 Å². The van der Waals surface area contributed by atoms with E-state index >= 15 is 0 Å². The third-order valence-electron chi connectivity index (χ3n) is 5.34. The van der Waals surface area contributed by atoms with E-state index in [9.17, 15) is 22.4 Å². The number of amides is 2. The van der Waals surface area contributed by atoms with E-state index in [-0.39, 0.29) is 23.4 Å². The van der Waals surface area contributed by atoms with Gasteiger partial charge in [0, 0.05) is 18.7 Å². The van der Waals surface area contributed by atoms with Crippen molar-refractivity contribution in [1.29, 1.82) is 0 Å². The van der Waals surface area contributed by atoms with Gasteiger partial charge in [0.05, 0.1) is 5.56 Å². The van der Waals surface area contributed by atoms with Crippen molar-refractivity contribution in [3.8, 4) is 11.5 Å². The minimum absolute atomic E-state index is 0.0349. The molecule has 0 radical (unpaired) electrons. The van der Waals surface area contributed by atoms with Gasteiger partial charge in [0.25, 0.3) is 0 Å². The lowest BCUT2D eigenvalue weighted by molar-refractivity contribution is -0.137. The number of nitrogens with one attached hydrogen (secondary N) is 1. The molecule has 0 saturated carbocycles. The maximum absolute atomic E-state index is 13.7. The fourth-order valence-electron chi connectivity index (χ4n) is 3.66. The summed E-state index contributed by atoms with van der Waals surface area (Å²) in [6, 6.07) is 11.1. The average Bonchev–Trinajstić information content (AvgIpc) is 3.23. The molecule has 1 aromatic heterocycles. The van der Waals surface area contributed by atoms with Crippen molar-refractivity contribution in [1.82, 2.24) is 15.1 Å². The Morgan fingerprint density at radius 1 is 1.18 bits per heavy atom. The molecule has 1 saturated heterocycles. The normalized spacial score (nSPS) is 17.9. The molecule has 4 rings (SSSR count). The molecule has 3 aromatic rings. The van der Waals surface area contributed by atoms with Crippen LogP contribution < -0.4 is 5.32 Å². The first-order valence-electron chi connectivity index (χ1n) is 10.2. The Morgan fingerprint density at radius 2 is 1.94 bits per heavy atom. The van der Waals surface area contributed by atoms with Crippen molar-refractivity contribution in [3.63, 3.8) is 0 Å². The zero-order chi connectivity index (χ0) is 23.6. The Balaban J connectivity index is 1.41. The van der Waals surface area contributed by atoms with Gasteiger partial charge in [-0.15, -0.1) is 5.10 Å². The second kappa shape index (κ2) is 9.05. The number of carbonyl (C=O) groups is 1. The van der Waals surface area contributed by atoms with Gasteiger partial charge in [-0.05, 0) is 48.2 Å². The van der Waals surface area contributed by atoms with Gasteiger partial charge < -0.3 is 9.32 Å². The number of halogens is 4. The Hall–Kier alpha value is -3.69. The highest BCUT2D eigenvalue weighted by molar-refractivity contribution is 5.87. The Kier molecular flexibility index (Phi) is 6.17. The molecule has 1 atom stereocenters. The van der Waals surface area contributed by atoms with E-state index in [1.165, 1.54) is 0 Å². The Labute approximate surface area is 186 Å². The topological polar surface area (TPSA) is 71.3 Å². The third kappa shape index (κ3) is 5.39. The van der Waals surface area contributed by atoms with Crippen molar-refractivity contribution in [2.24, 2.45) is 5.92 Å². The second-order valence-electron chi connectivity index (χ2n) is 7.80. The van der Waals surface area contributed by atoms with Gasteiger partial charge in [0.2, 0.25) is 5.89 Å². The molecule has 2 aromatic carbocycles. The summed E-state index contributed by atoms with van der Waals surface area (Å²) in [6.45, 7) is 2.53. The fraction of sp³-hybridized carbons (Fsp3) is 0.261. The van der Waals surface area contributed by atoms with Crippen LogP contribution >= 0.6 is 0 Å². The van der Waals surface area contributed by atoms with E-state index < -0.39 is 23.6 Å². The number of likely N-dealkylation sites (tertiary alicyclic amines) is 1. The monoisotopic (exact) mass is 460 g/mol. The third-order valence-corrected chi connectivity index (χ3v) is 5.34. The van der Waals surface area contributed by atoms with Crippen molar-refractivity contribution in [2.75, 3.05) is 18.4 Å². The van der Waals surface area contributed by atoms with Gasteiger partial charge >= 0.3 is 18.2 Å². The Bertz CT molecular complexity index is 1170. The van der Waals surface area contributed by atoms with E-state index in [2.05, 4.69) is 15.5 Å². The van der Waals surface area contributed by atoms with Gasteiger partial charge in [-0.25, -0.2) is 9.18 Å². The molecule has 6 nitrogen and oxygen atoms in total. The molecule has 2 heterocycles. The second-order valence-corrected chi connectivity index (χ2v) is 7.80. The predicted molar refractivity (Wildman–Crippen MR) is 113 cm³/mol. The fourth-order valence-corrected chi connectivity index (χ4v) is 3.66. The summed E-state index contributed by atoms with van der Waals surface area (Å²) in [4.78, 5) is 14.2. The number of hydrogen-bond donors (Lipinski definition) is 1. The molecule has 2 amide bonds. The summed E-state index contributed by atoms with van der Waals surface area (Å²) >= 11 is 0. The molecule has 1 N–H and O–H groups in total. The zero-order valence-corrected chi connectivity index (χ0v) is 17.6. The highest BCUT2D eigenvalue weighted by Crippen LogP contribution is 2.32. The highest BCUT2D eigenvalue weighted by Gasteiger charge is 2.31. The van der Waals surface area contributed by atoms with Crippen LogP contribution in [0.5, 0.6) is 0 Å². The van der Waals surface area contributed by atoms with Gasteiger partial charge in [-0.3, -0.25) is 5.32 Å². The molecule has 0 aliphatic carbocycles. The van der Waals surface area contributed by atoms with Gasteiger partial charge in [0.1, 0.15) is 5.82 Å². The SMILES string of the molecule is CC1CN(C(=O)Nc2nnc(-c3ccccc3)o2)CC/C1=C\c1cc(F)cc(C(F)(F)F)c1. The molecule has 0 spiro atoms. The van der Waals surface area contributed by atoms with E-state index in [0.717, 1.165) is 23.3 Å². The van der Waals surface area contributed by atoms with Crippen LogP contribution in [0, 0.1) is 11.7 Å². The number of carbonyl (C=O) groups excluding carboxylic acids is 1. The zero-order valence-electron chi connectivity index (χ0n) is 17.6. The van der Waals surface area contributed by atoms with E-state index in [1.54, 1.807) is 23.1 Å². The lowest BCUT2D eigenvalue weighted by Crippen LogP contribution is -2.42. The minimum Gasteiger partial charge on any atom is -0.403 e. The van der Waals surface area contributed by atoms with Crippen molar-refractivity contribution in [3.05, 3.63) is 71.0 Å². The molecule has 1 aliphatic heterocycles. The van der Waals surface area contributed by atoms with Gasteiger partial charge in [0.15, 0.2) is 0 Å². The number of nitrogens with zero attached hydrogens (tertiary/aromatic N) is 3. The number of urea groups is 1. The van der Waals surface area contributed by atoms with Crippen LogP contribution in [0.4, 0.5) is 28.4 Å². The summed E-state index contributed by atoms with van der Waals surface area (Å²) in [5, 5.41) is 10.3.